The molecule has 10 heteroatoms. The van der Waals surface area contributed by atoms with E-state index < -0.39 is 24.2 Å². The van der Waals surface area contributed by atoms with Gasteiger partial charge in [0.2, 0.25) is 5.91 Å². The molecule has 3 amide bonds. The Morgan fingerprint density at radius 2 is 1.51 bits per heavy atom. The number of hydrogen-bond donors (Lipinski definition) is 1. The van der Waals surface area contributed by atoms with E-state index in [1.165, 1.54) is 0 Å². The standard InChI is InChI=1S/C33H38Cl2N4O4/c1-7-38(8-2)32(40)21(5)36-33(41)39-30(23-11-15-25(35)16-12-23)29(22-9-13-24(34)14-10-22)37-31(39)27-18-17-26(42-6)19-28(27)43-20(3)4/h9-21,29-30H,7-8H2,1-6H3,(H,36,41)/t21-,29-,30+/m1/s1. The number of urea groups is 1. The van der Waals surface area contributed by atoms with Gasteiger partial charge in [0.15, 0.2) is 0 Å². The van der Waals surface area contributed by atoms with Crippen LogP contribution in [-0.2, 0) is 4.79 Å². The third-order valence-corrected chi connectivity index (χ3v) is 7.79. The second-order valence-corrected chi connectivity index (χ2v) is 11.4. The van der Waals surface area contributed by atoms with Crippen molar-refractivity contribution in [3.63, 3.8) is 0 Å². The molecule has 3 atom stereocenters. The zero-order chi connectivity index (χ0) is 31.3. The molecule has 0 aliphatic carbocycles. The molecule has 1 aliphatic rings. The molecule has 228 valence electrons. The molecule has 1 aliphatic heterocycles. The summed E-state index contributed by atoms with van der Waals surface area (Å²) in [5, 5.41) is 4.11. The first-order valence-corrected chi connectivity index (χ1v) is 15.2. The number of methoxy groups -OCH3 is 1. The molecule has 0 saturated carbocycles. The summed E-state index contributed by atoms with van der Waals surface area (Å²) in [6.07, 6.45) is -0.152. The minimum absolute atomic E-state index is 0.152. The van der Waals surface area contributed by atoms with Crippen LogP contribution in [0.1, 0.15) is 63.4 Å². The van der Waals surface area contributed by atoms with Gasteiger partial charge in [0.25, 0.3) is 0 Å². The van der Waals surface area contributed by atoms with Crippen LogP contribution in [0.3, 0.4) is 0 Å². The Morgan fingerprint density at radius 3 is 2.05 bits per heavy atom. The second-order valence-electron chi connectivity index (χ2n) is 10.5. The van der Waals surface area contributed by atoms with Gasteiger partial charge in [-0.3, -0.25) is 14.7 Å². The van der Waals surface area contributed by atoms with E-state index >= 15 is 0 Å². The van der Waals surface area contributed by atoms with E-state index in [1.54, 1.807) is 60.2 Å². The van der Waals surface area contributed by atoms with E-state index in [-0.39, 0.29) is 12.0 Å². The van der Waals surface area contributed by atoms with Gasteiger partial charge < -0.3 is 19.7 Å². The quantitative estimate of drug-likeness (QED) is 0.256. The van der Waals surface area contributed by atoms with E-state index in [9.17, 15) is 9.59 Å². The van der Waals surface area contributed by atoms with E-state index in [4.69, 9.17) is 37.7 Å². The van der Waals surface area contributed by atoms with Crippen molar-refractivity contribution >= 4 is 41.0 Å². The highest BCUT2D eigenvalue weighted by molar-refractivity contribution is 6.30. The van der Waals surface area contributed by atoms with Crippen LogP contribution in [0.4, 0.5) is 4.79 Å². The van der Waals surface area contributed by atoms with Crippen LogP contribution in [0, 0.1) is 0 Å². The minimum atomic E-state index is -0.767. The minimum Gasteiger partial charge on any atom is -0.497 e. The van der Waals surface area contributed by atoms with Crippen LogP contribution in [0.25, 0.3) is 0 Å². The second kappa shape index (κ2) is 14.1. The summed E-state index contributed by atoms with van der Waals surface area (Å²) < 4.78 is 11.7. The maximum atomic E-state index is 14.3. The SMILES string of the molecule is CCN(CC)C(=O)[C@@H](C)NC(=O)N1C(c2ccc(OC)cc2OC(C)C)=N[C@H](c2ccc(Cl)cc2)[C@@H]1c1ccc(Cl)cc1. The molecular formula is C33H38Cl2N4O4. The van der Waals surface area contributed by atoms with E-state index in [0.29, 0.717) is 46.0 Å². The topological polar surface area (TPSA) is 83.5 Å². The molecule has 0 unspecified atom stereocenters. The molecule has 0 saturated heterocycles. The van der Waals surface area contributed by atoms with Crippen LogP contribution in [0.2, 0.25) is 10.0 Å². The monoisotopic (exact) mass is 624 g/mol. The first-order chi connectivity index (χ1) is 20.6. The number of rotatable bonds is 10. The maximum Gasteiger partial charge on any atom is 0.324 e. The van der Waals surface area contributed by atoms with Gasteiger partial charge >= 0.3 is 6.03 Å². The third-order valence-electron chi connectivity index (χ3n) is 7.29. The van der Waals surface area contributed by atoms with Gasteiger partial charge in [-0.1, -0.05) is 47.5 Å². The van der Waals surface area contributed by atoms with Crippen LogP contribution >= 0.6 is 23.2 Å². The number of halogens is 2. The number of aliphatic imine (C=N–C) groups is 1. The molecule has 0 bridgehead atoms. The Balaban J connectivity index is 1.89. The molecular weight excluding hydrogens is 587 g/mol. The molecule has 8 nitrogen and oxygen atoms in total. The van der Waals surface area contributed by atoms with Crippen LogP contribution in [0.5, 0.6) is 11.5 Å². The smallest absolute Gasteiger partial charge is 0.324 e. The van der Waals surface area contributed by atoms with Gasteiger partial charge in [0.1, 0.15) is 29.4 Å². The van der Waals surface area contributed by atoms with Crippen LogP contribution < -0.4 is 14.8 Å². The zero-order valence-corrected chi connectivity index (χ0v) is 26.8. The number of carbonyl (C=O) groups is 2. The lowest BCUT2D eigenvalue weighted by Crippen LogP contribution is -2.52. The summed E-state index contributed by atoms with van der Waals surface area (Å²) in [7, 11) is 1.59. The highest BCUT2D eigenvalue weighted by Gasteiger charge is 2.44. The zero-order valence-electron chi connectivity index (χ0n) is 25.3. The van der Waals surface area contributed by atoms with Gasteiger partial charge in [-0.25, -0.2) is 4.79 Å². The number of nitrogens with zero attached hydrogens (tertiary/aromatic N) is 3. The Kier molecular flexibility index (Phi) is 10.6. The number of ether oxygens (including phenoxy) is 2. The number of carbonyl (C=O) groups excluding carboxylic acids is 2. The summed E-state index contributed by atoms with van der Waals surface area (Å²) in [5.41, 5.74) is 2.30. The van der Waals surface area contributed by atoms with E-state index in [2.05, 4.69) is 5.32 Å². The number of hydrogen-bond acceptors (Lipinski definition) is 5. The molecule has 1 N–H and O–H groups in total. The molecule has 0 spiro atoms. The van der Waals surface area contributed by atoms with Crippen molar-refractivity contribution in [1.82, 2.24) is 15.1 Å². The number of likely N-dealkylation sites (N-methyl/N-ethyl adjacent to an activating group) is 1. The highest BCUT2D eigenvalue weighted by Crippen LogP contribution is 2.45. The Morgan fingerprint density at radius 1 is 0.930 bits per heavy atom. The fourth-order valence-corrected chi connectivity index (χ4v) is 5.41. The fraction of sp³-hybridized carbons (Fsp3) is 0.364. The van der Waals surface area contributed by atoms with Gasteiger partial charge in [-0.05, 0) is 82.1 Å². The lowest BCUT2D eigenvalue weighted by Gasteiger charge is -2.32. The van der Waals surface area contributed by atoms with Gasteiger partial charge in [-0.15, -0.1) is 0 Å². The van der Waals surface area contributed by atoms with Gasteiger partial charge in [0, 0.05) is 29.2 Å². The van der Waals surface area contributed by atoms with Crippen molar-refractivity contribution in [2.24, 2.45) is 4.99 Å². The van der Waals surface area contributed by atoms with E-state index in [0.717, 1.165) is 11.1 Å². The van der Waals surface area contributed by atoms with Crippen LogP contribution in [-0.4, -0.2) is 59.9 Å². The molecule has 4 rings (SSSR count). The third kappa shape index (κ3) is 7.25. The summed E-state index contributed by atoms with van der Waals surface area (Å²) in [5.74, 6) is 1.36. The number of benzene rings is 3. The van der Waals surface area contributed by atoms with Gasteiger partial charge in [0.05, 0.1) is 24.8 Å². The van der Waals surface area contributed by atoms with Crippen LogP contribution in [0.15, 0.2) is 71.7 Å². The Hall–Kier alpha value is -3.75. The first-order valence-electron chi connectivity index (χ1n) is 14.4. The largest absolute Gasteiger partial charge is 0.497 e. The maximum absolute atomic E-state index is 14.3. The Bertz CT molecular complexity index is 1460. The fourth-order valence-electron chi connectivity index (χ4n) is 5.16. The molecule has 3 aromatic carbocycles. The molecule has 1 heterocycles. The summed E-state index contributed by atoms with van der Waals surface area (Å²) in [4.78, 5) is 36.0. The van der Waals surface area contributed by atoms with Gasteiger partial charge in [-0.2, -0.15) is 0 Å². The van der Waals surface area contributed by atoms with Crippen molar-refractivity contribution in [1.29, 1.82) is 0 Å². The highest BCUT2D eigenvalue weighted by atomic mass is 35.5. The summed E-state index contributed by atoms with van der Waals surface area (Å²) in [6.45, 7) is 10.5. The summed E-state index contributed by atoms with van der Waals surface area (Å²) in [6, 6.07) is 17.9. The molecule has 43 heavy (non-hydrogen) atoms. The van der Waals surface area contributed by atoms with Crippen molar-refractivity contribution in [3.05, 3.63) is 93.5 Å². The number of amides is 3. The number of amidine groups is 1. The average molecular weight is 626 g/mol. The van der Waals surface area contributed by atoms with Crippen molar-refractivity contribution in [2.75, 3.05) is 20.2 Å². The summed E-state index contributed by atoms with van der Waals surface area (Å²) >= 11 is 12.5. The first kappa shape index (κ1) is 32.2. The van der Waals surface area contributed by atoms with Crippen molar-refractivity contribution in [2.45, 2.75) is 58.8 Å². The van der Waals surface area contributed by atoms with E-state index in [1.807, 2.05) is 58.0 Å². The number of nitrogens with one attached hydrogen (secondary N) is 1. The Labute approximate surface area is 263 Å². The predicted molar refractivity (Wildman–Crippen MR) is 171 cm³/mol. The lowest BCUT2D eigenvalue weighted by molar-refractivity contribution is -0.132. The predicted octanol–water partition coefficient (Wildman–Crippen LogP) is 7.30. The average Bonchev–Trinajstić information content (AvgIpc) is 3.38. The van der Waals surface area contributed by atoms with Crippen molar-refractivity contribution < 1.29 is 19.1 Å². The molecule has 0 fully saturated rings. The van der Waals surface area contributed by atoms with Crippen molar-refractivity contribution in [3.8, 4) is 11.5 Å². The lowest BCUT2D eigenvalue weighted by atomic mass is 9.94. The molecule has 0 radical (unpaired) electrons. The normalized spacial score (nSPS) is 17.0. The molecule has 3 aromatic rings. The molecule has 0 aromatic heterocycles.